The van der Waals surface area contributed by atoms with Crippen molar-refractivity contribution in [2.45, 2.75) is 39.2 Å². The lowest BCUT2D eigenvalue weighted by Gasteiger charge is -2.38. The Morgan fingerprint density at radius 3 is 2.42 bits per heavy atom. The van der Waals surface area contributed by atoms with E-state index in [1.165, 1.54) is 12.1 Å². The number of amides is 1. The number of para-hydroxylation sites is 2. The van der Waals surface area contributed by atoms with E-state index in [9.17, 15) is 14.0 Å². The van der Waals surface area contributed by atoms with Crippen LogP contribution in [-0.2, 0) is 16.0 Å². The highest BCUT2D eigenvalue weighted by Crippen LogP contribution is 2.48. The summed E-state index contributed by atoms with van der Waals surface area (Å²) >= 11 is 0. The van der Waals surface area contributed by atoms with Crippen LogP contribution < -0.4 is 20.4 Å². The zero-order valence-electron chi connectivity index (χ0n) is 23.6. The summed E-state index contributed by atoms with van der Waals surface area (Å²) in [6.45, 7) is 4.76. The fourth-order valence-electron chi connectivity index (χ4n) is 5.74. The lowest BCUT2D eigenvalue weighted by Crippen LogP contribution is -2.42. The van der Waals surface area contributed by atoms with Gasteiger partial charge in [-0.2, -0.15) is 0 Å². The average Bonchev–Trinajstić information content (AvgIpc) is 3.03. The highest BCUT2D eigenvalue weighted by molar-refractivity contribution is 6.02. The number of carbonyl (C=O) groups excluding carboxylic acids is 2. The van der Waals surface area contributed by atoms with Gasteiger partial charge in [-0.1, -0.05) is 50.2 Å². The van der Waals surface area contributed by atoms with Crippen LogP contribution in [0.3, 0.4) is 0 Å². The van der Waals surface area contributed by atoms with Gasteiger partial charge in [-0.3, -0.25) is 9.59 Å². The number of hydrogen-bond donors (Lipinski definition) is 2. The Labute approximate surface area is 235 Å². The number of Topliss-reactive ketones (excluding diaryl/α,β-unsaturated/α-hetero) is 1. The minimum Gasteiger partial charge on any atom is -0.378 e. The quantitative estimate of drug-likeness (QED) is 0.393. The molecule has 3 aromatic carbocycles. The van der Waals surface area contributed by atoms with Gasteiger partial charge in [-0.15, -0.1) is 0 Å². The predicted molar refractivity (Wildman–Crippen MR) is 159 cm³/mol. The maximum Gasteiger partial charge on any atom is 0.239 e. The van der Waals surface area contributed by atoms with Crippen molar-refractivity contribution in [1.82, 2.24) is 5.32 Å². The highest BCUT2D eigenvalue weighted by Gasteiger charge is 2.41. The smallest absolute Gasteiger partial charge is 0.239 e. The van der Waals surface area contributed by atoms with Gasteiger partial charge >= 0.3 is 0 Å². The lowest BCUT2D eigenvalue weighted by atomic mass is 9.73. The number of nitrogens with zero attached hydrogens (tertiary/aromatic N) is 2. The summed E-state index contributed by atoms with van der Waals surface area (Å²) in [5.74, 6) is -0.311. The fourth-order valence-corrected chi connectivity index (χ4v) is 5.74. The second kappa shape index (κ2) is 11.2. The number of halogens is 1. The van der Waals surface area contributed by atoms with Crippen LogP contribution in [0.15, 0.2) is 84.1 Å². The van der Waals surface area contributed by atoms with Crippen molar-refractivity contribution in [2.75, 3.05) is 42.3 Å². The van der Waals surface area contributed by atoms with E-state index in [2.05, 4.69) is 53.6 Å². The zero-order chi connectivity index (χ0) is 28.4. The molecule has 1 aliphatic heterocycles. The second-order valence-corrected chi connectivity index (χ2v) is 11.7. The predicted octanol–water partition coefficient (Wildman–Crippen LogP) is 5.87. The maximum atomic E-state index is 13.8. The minimum absolute atomic E-state index is 0.0790. The second-order valence-electron chi connectivity index (χ2n) is 11.7. The minimum atomic E-state index is -0.422. The number of allylic oxidation sites excluding steroid dienone is 1. The molecule has 2 aliphatic rings. The van der Waals surface area contributed by atoms with E-state index in [0.717, 1.165) is 45.9 Å². The van der Waals surface area contributed by atoms with Crippen LogP contribution in [-0.4, -0.2) is 38.9 Å². The zero-order valence-corrected chi connectivity index (χ0v) is 23.6. The van der Waals surface area contributed by atoms with Crippen LogP contribution >= 0.6 is 0 Å². The molecule has 1 atom stereocenters. The first-order valence-electron chi connectivity index (χ1n) is 13.8. The van der Waals surface area contributed by atoms with Gasteiger partial charge in [-0.05, 0) is 65.8 Å². The van der Waals surface area contributed by atoms with Crippen molar-refractivity contribution >= 4 is 28.8 Å². The van der Waals surface area contributed by atoms with Crippen molar-refractivity contribution in [3.63, 3.8) is 0 Å². The molecule has 0 aromatic heterocycles. The molecule has 1 heterocycles. The summed E-state index contributed by atoms with van der Waals surface area (Å²) in [6, 6.07) is 22.1. The summed E-state index contributed by atoms with van der Waals surface area (Å²) in [7, 11) is 3.99. The molecule has 208 valence electrons. The Balaban J connectivity index is 1.51. The van der Waals surface area contributed by atoms with Gasteiger partial charge < -0.3 is 20.4 Å². The van der Waals surface area contributed by atoms with Crippen molar-refractivity contribution in [2.24, 2.45) is 5.41 Å². The van der Waals surface area contributed by atoms with Gasteiger partial charge in [0.2, 0.25) is 5.91 Å². The van der Waals surface area contributed by atoms with Crippen LogP contribution in [0.1, 0.15) is 43.9 Å². The number of anilines is 3. The van der Waals surface area contributed by atoms with E-state index in [0.29, 0.717) is 19.4 Å². The molecule has 5 rings (SSSR count). The summed E-state index contributed by atoms with van der Waals surface area (Å²) in [6.07, 6.45) is 1.79. The normalized spacial score (nSPS) is 17.9. The highest BCUT2D eigenvalue weighted by atomic mass is 19.1. The summed E-state index contributed by atoms with van der Waals surface area (Å²) in [5.41, 5.74) is 6.22. The third-order valence-electron chi connectivity index (χ3n) is 7.69. The van der Waals surface area contributed by atoms with Crippen LogP contribution in [0.2, 0.25) is 0 Å². The molecule has 0 bridgehead atoms. The Hall–Kier alpha value is -4.13. The molecule has 0 radical (unpaired) electrons. The van der Waals surface area contributed by atoms with E-state index >= 15 is 0 Å². The lowest BCUT2D eigenvalue weighted by molar-refractivity contribution is -0.120. The molecule has 1 aliphatic carbocycles. The molecule has 40 heavy (non-hydrogen) atoms. The molecular weight excluding hydrogens is 503 g/mol. The summed E-state index contributed by atoms with van der Waals surface area (Å²) < 4.78 is 13.3. The fraction of sp³-hybridized carbons (Fsp3) is 0.333. The van der Waals surface area contributed by atoms with Crippen LogP contribution in [0.25, 0.3) is 0 Å². The van der Waals surface area contributed by atoms with Crippen LogP contribution in [0, 0.1) is 11.2 Å². The molecule has 1 unspecified atom stereocenters. The molecule has 7 heteroatoms. The van der Waals surface area contributed by atoms with Gasteiger partial charge in [0.25, 0.3) is 0 Å². The van der Waals surface area contributed by atoms with Gasteiger partial charge in [0.1, 0.15) is 5.82 Å². The number of ketones is 1. The standard InChI is InChI=1S/C33H37FN4O2/c1-33(2)19-27-31(29(39)20-33)32(23-11-15-25(16-12-23)37(3)4)38(28-8-6-5-7-26(28)36-27)21-30(40)35-18-17-22-9-13-24(34)14-10-22/h5-16,32,36H,17-21H2,1-4H3,(H,35,40). The van der Waals surface area contributed by atoms with Crippen LogP contribution in [0.5, 0.6) is 0 Å². The molecule has 0 saturated carbocycles. The Bertz CT molecular complexity index is 1430. The van der Waals surface area contributed by atoms with E-state index in [1.807, 2.05) is 43.3 Å². The number of hydrogen-bond acceptors (Lipinski definition) is 5. The molecule has 2 N–H and O–H groups in total. The van der Waals surface area contributed by atoms with Crippen molar-refractivity contribution in [1.29, 1.82) is 0 Å². The first kappa shape index (κ1) is 27.4. The molecule has 0 saturated heterocycles. The summed E-state index contributed by atoms with van der Waals surface area (Å²) in [4.78, 5) is 31.3. The summed E-state index contributed by atoms with van der Waals surface area (Å²) in [5, 5.41) is 6.63. The van der Waals surface area contributed by atoms with Crippen molar-refractivity contribution < 1.29 is 14.0 Å². The maximum absolute atomic E-state index is 13.8. The Kier molecular flexibility index (Phi) is 7.66. The molecule has 0 fully saturated rings. The third-order valence-corrected chi connectivity index (χ3v) is 7.69. The third kappa shape index (κ3) is 5.88. The average molecular weight is 541 g/mol. The van der Waals surface area contributed by atoms with E-state index in [-0.39, 0.29) is 29.5 Å². The number of fused-ring (bicyclic) bond motifs is 1. The van der Waals surface area contributed by atoms with Crippen molar-refractivity contribution in [3.05, 3.63) is 101 Å². The Morgan fingerprint density at radius 1 is 1.02 bits per heavy atom. The van der Waals surface area contributed by atoms with E-state index in [4.69, 9.17) is 0 Å². The molecule has 3 aromatic rings. The number of benzene rings is 3. The first-order chi connectivity index (χ1) is 19.1. The largest absolute Gasteiger partial charge is 0.378 e. The number of carbonyl (C=O) groups is 2. The molecule has 6 nitrogen and oxygen atoms in total. The van der Waals surface area contributed by atoms with Gasteiger partial charge in [0.05, 0.1) is 24.0 Å². The molecular formula is C33H37FN4O2. The number of nitrogens with one attached hydrogen (secondary N) is 2. The van der Waals surface area contributed by atoms with Crippen molar-refractivity contribution in [3.8, 4) is 0 Å². The number of rotatable bonds is 7. The topological polar surface area (TPSA) is 64.7 Å². The first-order valence-corrected chi connectivity index (χ1v) is 13.8. The Morgan fingerprint density at radius 2 is 1.73 bits per heavy atom. The van der Waals surface area contributed by atoms with Gasteiger partial charge in [0.15, 0.2) is 5.78 Å². The monoisotopic (exact) mass is 540 g/mol. The molecule has 0 spiro atoms. The van der Waals surface area contributed by atoms with E-state index < -0.39 is 6.04 Å². The van der Waals surface area contributed by atoms with Gasteiger partial charge in [0, 0.05) is 44.0 Å². The van der Waals surface area contributed by atoms with E-state index in [1.54, 1.807) is 12.1 Å². The SMILES string of the molecule is CN(C)c1ccc(C2C3=C(CC(C)(C)CC3=O)Nc3ccccc3N2CC(=O)NCCc2ccc(F)cc2)cc1. The molecule has 1 amide bonds. The van der Waals surface area contributed by atoms with Crippen LogP contribution in [0.4, 0.5) is 21.5 Å². The van der Waals surface area contributed by atoms with Gasteiger partial charge in [-0.25, -0.2) is 4.39 Å².